The summed E-state index contributed by atoms with van der Waals surface area (Å²) >= 11 is 0. The number of hydrogen-bond acceptors (Lipinski definition) is 3. The number of benzene rings is 1. The van der Waals surface area contributed by atoms with Crippen molar-refractivity contribution in [1.82, 2.24) is 4.90 Å². The number of phenols is 1. The number of phenolic OH excluding ortho intramolecular Hbond substituents is 1. The minimum Gasteiger partial charge on any atom is -0.508 e. The molecule has 0 heterocycles. The second-order valence-corrected chi connectivity index (χ2v) is 4.21. The van der Waals surface area contributed by atoms with E-state index in [-0.39, 0.29) is 6.04 Å². The summed E-state index contributed by atoms with van der Waals surface area (Å²) in [6.45, 7) is 5.67. The highest BCUT2D eigenvalue weighted by Crippen LogP contribution is 2.28. The van der Waals surface area contributed by atoms with Crippen molar-refractivity contribution in [2.45, 2.75) is 19.9 Å². The molecular weight excluding hydrogens is 202 g/mol. The summed E-state index contributed by atoms with van der Waals surface area (Å²) in [4.78, 5) is 2.16. The van der Waals surface area contributed by atoms with Crippen LogP contribution < -0.4 is 0 Å². The van der Waals surface area contributed by atoms with Gasteiger partial charge in [-0.15, -0.1) is 0 Å². The molecule has 0 aliphatic rings. The van der Waals surface area contributed by atoms with Crippen molar-refractivity contribution in [2.24, 2.45) is 0 Å². The van der Waals surface area contributed by atoms with E-state index in [1.165, 1.54) is 5.56 Å². The molecule has 0 bridgehead atoms. The van der Waals surface area contributed by atoms with Crippen LogP contribution in [0.3, 0.4) is 0 Å². The fourth-order valence-electron chi connectivity index (χ4n) is 1.67. The maximum atomic E-state index is 9.82. The van der Waals surface area contributed by atoms with E-state index in [1.54, 1.807) is 13.2 Å². The maximum absolute atomic E-state index is 9.82. The van der Waals surface area contributed by atoms with Crippen LogP contribution in [0.5, 0.6) is 5.75 Å². The lowest BCUT2D eigenvalue weighted by Crippen LogP contribution is -2.26. The topological polar surface area (TPSA) is 32.7 Å². The lowest BCUT2D eigenvalue weighted by Gasteiger charge is -2.25. The van der Waals surface area contributed by atoms with E-state index in [4.69, 9.17) is 4.74 Å². The molecule has 1 atom stereocenters. The zero-order valence-electron chi connectivity index (χ0n) is 10.5. The van der Waals surface area contributed by atoms with E-state index in [0.717, 1.165) is 12.1 Å². The van der Waals surface area contributed by atoms with Gasteiger partial charge >= 0.3 is 0 Å². The zero-order chi connectivity index (χ0) is 12.1. The number of aryl methyl sites for hydroxylation is 1. The molecule has 1 aromatic rings. The van der Waals surface area contributed by atoms with Gasteiger partial charge in [0.15, 0.2) is 0 Å². The summed E-state index contributed by atoms with van der Waals surface area (Å²) in [5, 5.41) is 9.82. The molecule has 0 fully saturated rings. The lowest BCUT2D eigenvalue weighted by molar-refractivity contribution is 0.142. The van der Waals surface area contributed by atoms with Gasteiger partial charge in [-0.05, 0) is 27.0 Å². The van der Waals surface area contributed by atoms with Crippen molar-refractivity contribution in [1.29, 1.82) is 0 Å². The fraction of sp³-hybridized carbons (Fsp3) is 0.538. The van der Waals surface area contributed by atoms with Crippen LogP contribution in [0.15, 0.2) is 18.2 Å². The molecule has 1 rings (SSSR count). The van der Waals surface area contributed by atoms with Gasteiger partial charge in [0.25, 0.3) is 0 Å². The number of likely N-dealkylation sites (N-methyl/N-ethyl adjacent to an activating group) is 1. The van der Waals surface area contributed by atoms with Gasteiger partial charge in [-0.2, -0.15) is 0 Å². The molecule has 1 unspecified atom stereocenters. The highest BCUT2D eigenvalue weighted by molar-refractivity contribution is 5.37. The highest BCUT2D eigenvalue weighted by Gasteiger charge is 2.14. The summed E-state index contributed by atoms with van der Waals surface area (Å²) < 4.78 is 5.05. The lowest BCUT2D eigenvalue weighted by atomic mass is 10.0. The number of ether oxygens (including phenoxy) is 1. The van der Waals surface area contributed by atoms with Crippen molar-refractivity contribution >= 4 is 0 Å². The van der Waals surface area contributed by atoms with E-state index in [9.17, 15) is 5.11 Å². The van der Waals surface area contributed by atoms with Crippen molar-refractivity contribution < 1.29 is 9.84 Å². The Morgan fingerprint density at radius 2 is 2.12 bits per heavy atom. The van der Waals surface area contributed by atoms with E-state index < -0.39 is 0 Å². The third kappa shape index (κ3) is 3.22. The van der Waals surface area contributed by atoms with Crippen molar-refractivity contribution in [3.63, 3.8) is 0 Å². The molecule has 0 amide bonds. The molecule has 0 aromatic heterocycles. The van der Waals surface area contributed by atoms with E-state index in [1.807, 2.05) is 26.1 Å². The number of rotatable bonds is 5. The van der Waals surface area contributed by atoms with Gasteiger partial charge in [0, 0.05) is 25.3 Å². The van der Waals surface area contributed by atoms with Gasteiger partial charge in [0.1, 0.15) is 5.75 Å². The second kappa shape index (κ2) is 5.87. The summed E-state index contributed by atoms with van der Waals surface area (Å²) in [7, 11) is 3.73. The van der Waals surface area contributed by atoms with Gasteiger partial charge in [-0.1, -0.05) is 17.7 Å². The van der Waals surface area contributed by atoms with Crippen LogP contribution in [0.25, 0.3) is 0 Å². The van der Waals surface area contributed by atoms with Crippen LogP contribution in [0.2, 0.25) is 0 Å². The van der Waals surface area contributed by atoms with E-state index >= 15 is 0 Å². The SMILES string of the molecule is COCCN(C)C(C)c1cc(C)ccc1O. The van der Waals surface area contributed by atoms with E-state index in [0.29, 0.717) is 12.4 Å². The van der Waals surface area contributed by atoms with Gasteiger partial charge in [0.2, 0.25) is 0 Å². The Bertz CT molecular complexity index is 339. The number of aromatic hydroxyl groups is 1. The normalized spacial score (nSPS) is 13.1. The molecule has 0 saturated heterocycles. The molecule has 1 aromatic carbocycles. The Kier molecular flexibility index (Phi) is 4.77. The molecule has 3 heteroatoms. The average Bonchev–Trinajstić information content (AvgIpc) is 2.28. The van der Waals surface area contributed by atoms with Crippen molar-refractivity contribution in [2.75, 3.05) is 27.3 Å². The maximum Gasteiger partial charge on any atom is 0.120 e. The molecule has 0 aliphatic carbocycles. The van der Waals surface area contributed by atoms with Crippen LogP contribution >= 0.6 is 0 Å². The molecular formula is C13H21NO2. The van der Waals surface area contributed by atoms with Crippen molar-refractivity contribution in [3.8, 4) is 5.75 Å². The van der Waals surface area contributed by atoms with Gasteiger partial charge in [0.05, 0.1) is 6.61 Å². The van der Waals surface area contributed by atoms with Gasteiger partial charge in [-0.3, -0.25) is 4.90 Å². The Balaban J connectivity index is 2.78. The van der Waals surface area contributed by atoms with Crippen LogP contribution in [0.4, 0.5) is 0 Å². The first-order valence-electron chi connectivity index (χ1n) is 5.55. The van der Waals surface area contributed by atoms with Crippen LogP contribution in [0, 0.1) is 6.92 Å². The van der Waals surface area contributed by atoms with E-state index in [2.05, 4.69) is 11.8 Å². The van der Waals surface area contributed by atoms with Gasteiger partial charge in [-0.25, -0.2) is 0 Å². The fourth-order valence-corrected chi connectivity index (χ4v) is 1.67. The van der Waals surface area contributed by atoms with Crippen molar-refractivity contribution in [3.05, 3.63) is 29.3 Å². The molecule has 1 N–H and O–H groups in total. The first kappa shape index (κ1) is 13.0. The average molecular weight is 223 g/mol. The molecule has 0 spiro atoms. The minimum absolute atomic E-state index is 0.190. The monoisotopic (exact) mass is 223 g/mol. The van der Waals surface area contributed by atoms with Gasteiger partial charge < -0.3 is 9.84 Å². The Morgan fingerprint density at radius 1 is 1.44 bits per heavy atom. The Labute approximate surface area is 97.7 Å². The summed E-state index contributed by atoms with van der Waals surface area (Å²) in [5.41, 5.74) is 2.14. The first-order chi connectivity index (χ1) is 7.56. The van der Waals surface area contributed by atoms with Crippen LogP contribution in [-0.2, 0) is 4.74 Å². The Morgan fingerprint density at radius 3 is 2.75 bits per heavy atom. The van der Waals surface area contributed by atoms with Crippen LogP contribution in [0.1, 0.15) is 24.1 Å². The first-order valence-corrected chi connectivity index (χ1v) is 5.55. The summed E-state index contributed by atoms with van der Waals surface area (Å²) in [6.07, 6.45) is 0. The number of nitrogens with zero attached hydrogens (tertiary/aromatic N) is 1. The largest absolute Gasteiger partial charge is 0.508 e. The number of hydrogen-bond donors (Lipinski definition) is 1. The minimum atomic E-state index is 0.190. The predicted molar refractivity (Wildman–Crippen MR) is 65.8 cm³/mol. The summed E-state index contributed by atoms with van der Waals surface area (Å²) in [5.74, 6) is 0.363. The second-order valence-electron chi connectivity index (χ2n) is 4.21. The zero-order valence-corrected chi connectivity index (χ0v) is 10.5. The standard InChI is InChI=1S/C13H21NO2/c1-10-5-6-13(15)12(9-10)11(2)14(3)7-8-16-4/h5-6,9,11,15H,7-8H2,1-4H3. The third-order valence-electron chi connectivity index (χ3n) is 2.94. The molecule has 16 heavy (non-hydrogen) atoms. The molecule has 0 radical (unpaired) electrons. The Hall–Kier alpha value is -1.06. The smallest absolute Gasteiger partial charge is 0.120 e. The summed E-state index contributed by atoms with van der Waals surface area (Å²) in [6, 6.07) is 5.89. The van der Waals surface area contributed by atoms with Crippen LogP contribution in [-0.4, -0.2) is 37.3 Å². The predicted octanol–water partition coefficient (Wildman–Crippen LogP) is 2.34. The third-order valence-corrected chi connectivity index (χ3v) is 2.94. The quantitative estimate of drug-likeness (QED) is 0.831. The molecule has 0 aliphatic heterocycles. The molecule has 3 nitrogen and oxygen atoms in total. The highest BCUT2D eigenvalue weighted by atomic mass is 16.5. The molecule has 90 valence electrons. The number of methoxy groups -OCH3 is 1. The molecule has 0 saturated carbocycles.